The lowest BCUT2D eigenvalue weighted by atomic mass is 10.7. The van der Waals surface area contributed by atoms with E-state index in [9.17, 15) is 0 Å². The van der Waals surface area contributed by atoms with Gasteiger partial charge < -0.3 is 0 Å². The van der Waals surface area contributed by atoms with Gasteiger partial charge in [-0.3, -0.25) is 0 Å². The topological polar surface area (TPSA) is 25.8 Å². The summed E-state index contributed by atoms with van der Waals surface area (Å²) in [5, 5.41) is 0. The van der Waals surface area contributed by atoms with Crippen LogP contribution in [0, 0.1) is 0 Å². The highest BCUT2D eigenvalue weighted by molar-refractivity contribution is 5.86. The summed E-state index contributed by atoms with van der Waals surface area (Å²) in [7, 11) is 0. The fraction of sp³-hybridized carbons (Fsp3) is 0. The molecule has 0 saturated heterocycles. The van der Waals surface area contributed by atoms with Crippen LogP contribution in [0.2, 0.25) is 0 Å². The molecule has 0 saturated carbocycles. The molecule has 0 aliphatic heterocycles. The predicted molar refractivity (Wildman–Crippen MR) is 43.8 cm³/mol. The Balaban J connectivity index is -0.000000120. The quantitative estimate of drug-likeness (QED) is 0.621. The summed E-state index contributed by atoms with van der Waals surface area (Å²) in [5.41, 5.74) is 0. The van der Waals surface area contributed by atoms with Crippen molar-refractivity contribution >= 4 is 37.2 Å². The molecule has 0 unspecified atom stereocenters. The molecule has 1 aromatic heterocycles. The van der Waals surface area contributed by atoms with Gasteiger partial charge in [-0.25, -0.2) is 9.97 Å². The molecule has 0 fully saturated rings. The summed E-state index contributed by atoms with van der Waals surface area (Å²) in [5.74, 6) is 0. The second-order valence-electron chi connectivity index (χ2n) is 0.904. The second kappa shape index (κ2) is 10.8. The monoisotopic (exact) mass is 188 g/mol. The van der Waals surface area contributed by atoms with Gasteiger partial charge in [0.05, 0.1) is 0 Å². The van der Waals surface area contributed by atoms with E-state index in [1.807, 2.05) is 0 Å². The second-order valence-corrected chi connectivity index (χ2v) is 0.904. The number of halogens is 3. The van der Waals surface area contributed by atoms with Crippen LogP contribution in [0.4, 0.5) is 0 Å². The van der Waals surface area contributed by atoms with E-state index < -0.39 is 0 Å². The highest BCUT2D eigenvalue weighted by Gasteiger charge is 1.59. The largest absolute Gasteiger partial charge is 0.245 e. The minimum Gasteiger partial charge on any atom is -0.245 e. The van der Waals surface area contributed by atoms with Crippen LogP contribution in [0.3, 0.4) is 0 Å². The summed E-state index contributed by atoms with van der Waals surface area (Å²) >= 11 is 0. The van der Waals surface area contributed by atoms with E-state index in [2.05, 4.69) is 9.97 Å². The fourth-order valence-corrected chi connectivity index (χ4v) is 0.253. The van der Waals surface area contributed by atoms with Gasteiger partial charge in [0.15, 0.2) is 0 Å². The molecule has 0 aromatic carbocycles. The standard InChI is InChI=1S/C4H4N2.3ClH/c1-2-5-4-6-3-1;;;/h1-4H;3*1H. The van der Waals surface area contributed by atoms with Crippen molar-refractivity contribution in [1.29, 1.82) is 0 Å². The number of nitrogens with zero attached hydrogens (tertiary/aromatic N) is 2. The van der Waals surface area contributed by atoms with E-state index >= 15 is 0 Å². The van der Waals surface area contributed by atoms with Crippen molar-refractivity contribution in [3.05, 3.63) is 24.8 Å². The Hall–Kier alpha value is -0.0500. The average molecular weight is 189 g/mol. The van der Waals surface area contributed by atoms with Crippen molar-refractivity contribution in [2.45, 2.75) is 0 Å². The molecule has 0 aliphatic carbocycles. The summed E-state index contributed by atoms with van der Waals surface area (Å²) in [4.78, 5) is 7.35. The SMILES string of the molecule is Cl.Cl.Cl.c1cncnc1. The Morgan fingerprint density at radius 3 is 1.33 bits per heavy atom. The van der Waals surface area contributed by atoms with Crippen molar-refractivity contribution in [2.75, 3.05) is 0 Å². The molecule has 5 heteroatoms. The van der Waals surface area contributed by atoms with E-state index in [0.29, 0.717) is 0 Å². The molecule has 54 valence electrons. The first kappa shape index (κ1) is 16.0. The molecular weight excluding hydrogens is 182 g/mol. The molecule has 0 radical (unpaired) electrons. The van der Waals surface area contributed by atoms with Crippen molar-refractivity contribution in [1.82, 2.24) is 9.97 Å². The Bertz CT molecular complexity index is 85.7. The third-order valence-electron chi connectivity index (χ3n) is 0.478. The molecule has 0 aliphatic rings. The Morgan fingerprint density at radius 2 is 1.22 bits per heavy atom. The van der Waals surface area contributed by atoms with Crippen LogP contribution in [0.25, 0.3) is 0 Å². The molecule has 1 rings (SSSR count). The molecule has 0 amide bonds. The minimum absolute atomic E-state index is 0. The lowest BCUT2D eigenvalue weighted by molar-refractivity contribution is 1.17. The molecular formula is C4H7Cl3N2. The minimum atomic E-state index is 0. The van der Waals surface area contributed by atoms with Crippen LogP contribution in [-0.4, -0.2) is 9.97 Å². The normalized spacial score (nSPS) is 5.33. The van der Waals surface area contributed by atoms with Crippen LogP contribution < -0.4 is 0 Å². The Kier molecular flexibility index (Phi) is 19.3. The lowest BCUT2D eigenvalue weighted by Crippen LogP contribution is -1.66. The van der Waals surface area contributed by atoms with E-state index in [0.717, 1.165) is 0 Å². The molecule has 0 N–H and O–H groups in total. The maximum Gasteiger partial charge on any atom is 0.115 e. The summed E-state index contributed by atoms with van der Waals surface area (Å²) < 4.78 is 0. The molecule has 0 atom stereocenters. The fourth-order valence-electron chi connectivity index (χ4n) is 0.253. The number of hydrogen-bond acceptors (Lipinski definition) is 2. The third-order valence-corrected chi connectivity index (χ3v) is 0.478. The third kappa shape index (κ3) is 7.95. The Morgan fingerprint density at radius 1 is 0.778 bits per heavy atom. The molecule has 0 spiro atoms. The zero-order valence-electron chi connectivity index (χ0n) is 4.43. The van der Waals surface area contributed by atoms with Gasteiger partial charge in [-0.05, 0) is 6.07 Å². The molecule has 0 bridgehead atoms. The average Bonchev–Trinajstić information content (AvgIpc) is 1.72. The van der Waals surface area contributed by atoms with Gasteiger partial charge in [0.2, 0.25) is 0 Å². The highest BCUT2D eigenvalue weighted by Crippen LogP contribution is 1.66. The van der Waals surface area contributed by atoms with Crippen molar-refractivity contribution in [2.24, 2.45) is 0 Å². The molecule has 1 aromatic rings. The van der Waals surface area contributed by atoms with Crippen LogP contribution in [-0.2, 0) is 0 Å². The van der Waals surface area contributed by atoms with Crippen molar-refractivity contribution in [3.8, 4) is 0 Å². The first-order valence-corrected chi connectivity index (χ1v) is 1.70. The van der Waals surface area contributed by atoms with E-state index in [-0.39, 0.29) is 37.2 Å². The zero-order valence-corrected chi connectivity index (χ0v) is 6.88. The van der Waals surface area contributed by atoms with E-state index in [4.69, 9.17) is 0 Å². The summed E-state index contributed by atoms with van der Waals surface area (Å²) in [6.45, 7) is 0. The molecule has 9 heavy (non-hydrogen) atoms. The van der Waals surface area contributed by atoms with Gasteiger partial charge >= 0.3 is 0 Å². The first-order chi connectivity index (χ1) is 3.00. The van der Waals surface area contributed by atoms with Crippen LogP contribution in [0.5, 0.6) is 0 Å². The Labute approximate surface area is 72.3 Å². The maximum absolute atomic E-state index is 3.67. The summed E-state index contributed by atoms with van der Waals surface area (Å²) in [6.07, 6.45) is 4.88. The first-order valence-electron chi connectivity index (χ1n) is 1.70. The maximum atomic E-state index is 3.67. The molecule has 2 nitrogen and oxygen atoms in total. The van der Waals surface area contributed by atoms with Crippen molar-refractivity contribution < 1.29 is 0 Å². The van der Waals surface area contributed by atoms with Gasteiger partial charge in [0, 0.05) is 12.4 Å². The van der Waals surface area contributed by atoms with Gasteiger partial charge in [-0.2, -0.15) is 0 Å². The summed E-state index contributed by atoms with van der Waals surface area (Å²) in [6, 6.07) is 1.78. The zero-order chi connectivity index (χ0) is 4.24. The van der Waals surface area contributed by atoms with Gasteiger partial charge in [-0.1, -0.05) is 0 Å². The van der Waals surface area contributed by atoms with Gasteiger partial charge in [-0.15, -0.1) is 37.2 Å². The van der Waals surface area contributed by atoms with Crippen LogP contribution in [0.15, 0.2) is 24.8 Å². The number of aromatic nitrogens is 2. The van der Waals surface area contributed by atoms with Crippen molar-refractivity contribution in [3.63, 3.8) is 0 Å². The number of hydrogen-bond donors (Lipinski definition) is 0. The lowest BCUT2D eigenvalue weighted by Gasteiger charge is -1.70. The van der Waals surface area contributed by atoms with Crippen LogP contribution >= 0.6 is 37.2 Å². The predicted octanol–water partition coefficient (Wildman–Crippen LogP) is 1.74. The van der Waals surface area contributed by atoms with Gasteiger partial charge in [0.25, 0.3) is 0 Å². The smallest absolute Gasteiger partial charge is 0.115 e. The van der Waals surface area contributed by atoms with Crippen LogP contribution in [0.1, 0.15) is 0 Å². The highest BCUT2D eigenvalue weighted by atomic mass is 35.5. The van der Waals surface area contributed by atoms with E-state index in [1.54, 1.807) is 18.5 Å². The number of rotatable bonds is 0. The van der Waals surface area contributed by atoms with E-state index in [1.165, 1.54) is 6.33 Å². The van der Waals surface area contributed by atoms with Gasteiger partial charge in [0.1, 0.15) is 6.33 Å². The molecule has 1 heterocycles.